The van der Waals surface area contributed by atoms with Gasteiger partial charge in [0.15, 0.2) is 0 Å². The Bertz CT molecular complexity index is 484. The molecular formula is C12H14ClN3O. The summed E-state index contributed by atoms with van der Waals surface area (Å²) in [6.07, 6.45) is 1.07. The molecule has 0 unspecified atom stereocenters. The maximum Gasteiger partial charge on any atom is 0.240 e. The summed E-state index contributed by atoms with van der Waals surface area (Å²) in [5.41, 5.74) is 0.791. The van der Waals surface area contributed by atoms with Crippen LogP contribution in [0, 0.1) is 0 Å². The molecule has 0 atom stereocenters. The van der Waals surface area contributed by atoms with E-state index in [1.54, 1.807) is 0 Å². The molecule has 2 aromatic rings. The van der Waals surface area contributed by atoms with Crippen molar-refractivity contribution >= 4 is 11.6 Å². The molecule has 0 aliphatic carbocycles. The van der Waals surface area contributed by atoms with E-state index in [4.69, 9.17) is 16.1 Å². The summed E-state index contributed by atoms with van der Waals surface area (Å²) < 4.78 is 5.14. The molecule has 0 fully saturated rings. The van der Waals surface area contributed by atoms with Crippen molar-refractivity contribution in [3.63, 3.8) is 0 Å². The summed E-state index contributed by atoms with van der Waals surface area (Å²) in [5.74, 6) is 1.11. The van der Waals surface area contributed by atoms with E-state index in [0.717, 1.165) is 18.5 Å². The van der Waals surface area contributed by atoms with E-state index in [2.05, 4.69) is 22.4 Å². The first-order chi connectivity index (χ1) is 8.31. The third-order valence-electron chi connectivity index (χ3n) is 2.29. The van der Waals surface area contributed by atoms with Gasteiger partial charge in [0.05, 0.1) is 11.6 Å². The predicted octanol–water partition coefficient (Wildman–Crippen LogP) is 2.89. The highest BCUT2D eigenvalue weighted by molar-refractivity contribution is 6.33. The molecule has 4 nitrogen and oxygen atoms in total. The lowest BCUT2D eigenvalue weighted by Crippen LogP contribution is -2.13. The lowest BCUT2D eigenvalue weighted by atomic mass is 10.2. The summed E-state index contributed by atoms with van der Waals surface area (Å²) >= 11 is 6.06. The van der Waals surface area contributed by atoms with Gasteiger partial charge < -0.3 is 9.84 Å². The zero-order valence-electron chi connectivity index (χ0n) is 9.61. The molecule has 1 aromatic heterocycles. The van der Waals surface area contributed by atoms with E-state index in [1.807, 2.05) is 24.3 Å². The maximum absolute atomic E-state index is 6.06. The Hall–Kier alpha value is -1.39. The van der Waals surface area contributed by atoms with Gasteiger partial charge in [-0.15, -0.1) is 0 Å². The zero-order chi connectivity index (χ0) is 12.1. The van der Waals surface area contributed by atoms with Gasteiger partial charge in [0.2, 0.25) is 11.7 Å². The summed E-state index contributed by atoms with van der Waals surface area (Å²) in [6.45, 7) is 3.63. The van der Waals surface area contributed by atoms with E-state index in [9.17, 15) is 0 Å². The average molecular weight is 252 g/mol. The molecule has 1 N–H and O–H groups in total. The van der Waals surface area contributed by atoms with Gasteiger partial charge in [0, 0.05) is 5.56 Å². The number of nitrogens with one attached hydrogen (secondary N) is 1. The molecule has 0 radical (unpaired) electrons. The number of benzene rings is 1. The number of rotatable bonds is 5. The molecular weight excluding hydrogens is 238 g/mol. The van der Waals surface area contributed by atoms with Crippen LogP contribution in [0.4, 0.5) is 0 Å². The molecule has 1 heterocycles. The maximum atomic E-state index is 6.06. The van der Waals surface area contributed by atoms with Crippen LogP contribution in [0.1, 0.15) is 19.2 Å². The van der Waals surface area contributed by atoms with E-state index >= 15 is 0 Å². The molecule has 0 saturated carbocycles. The summed E-state index contributed by atoms with van der Waals surface area (Å²) in [7, 11) is 0. The molecule has 90 valence electrons. The van der Waals surface area contributed by atoms with Crippen LogP contribution in [0.5, 0.6) is 0 Å². The number of nitrogens with zero attached hydrogens (tertiary/aromatic N) is 2. The second kappa shape index (κ2) is 5.80. The van der Waals surface area contributed by atoms with Crippen LogP contribution in [-0.4, -0.2) is 16.7 Å². The van der Waals surface area contributed by atoms with Crippen LogP contribution in [0.3, 0.4) is 0 Å². The van der Waals surface area contributed by atoms with Crippen LogP contribution in [0.2, 0.25) is 5.02 Å². The Balaban J connectivity index is 2.10. The fraction of sp³-hybridized carbons (Fsp3) is 0.333. The van der Waals surface area contributed by atoms with Crippen LogP contribution < -0.4 is 5.32 Å². The number of aromatic nitrogens is 2. The second-order valence-corrected chi connectivity index (χ2v) is 4.08. The lowest BCUT2D eigenvalue weighted by Gasteiger charge is -1.97. The van der Waals surface area contributed by atoms with Crippen molar-refractivity contribution in [2.45, 2.75) is 19.9 Å². The van der Waals surface area contributed by atoms with Crippen molar-refractivity contribution in [2.75, 3.05) is 6.54 Å². The van der Waals surface area contributed by atoms with E-state index in [0.29, 0.717) is 23.3 Å². The van der Waals surface area contributed by atoms with E-state index < -0.39 is 0 Å². The van der Waals surface area contributed by atoms with Gasteiger partial charge in [-0.3, -0.25) is 0 Å². The van der Waals surface area contributed by atoms with Gasteiger partial charge in [0.25, 0.3) is 0 Å². The Morgan fingerprint density at radius 3 is 2.94 bits per heavy atom. The second-order valence-electron chi connectivity index (χ2n) is 3.67. The van der Waals surface area contributed by atoms with Gasteiger partial charge in [-0.2, -0.15) is 4.98 Å². The number of halogens is 1. The monoisotopic (exact) mass is 251 g/mol. The van der Waals surface area contributed by atoms with Crippen molar-refractivity contribution < 1.29 is 4.52 Å². The third kappa shape index (κ3) is 3.05. The fourth-order valence-electron chi connectivity index (χ4n) is 1.45. The molecule has 5 heteroatoms. The van der Waals surface area contributed by atoms with Crippen LogP contribution >= 0.6 is 11.6 Å². The zero-order valence-corrected chi connectivity index (χ0v) is 10.4. The molecule has 17 heavy (non-hydrogen) atoms. The van der Waals surface area contributed by atoms with Gasteiger partial charge in [-0.25, -0.2) is 0 Å². The molecule has 0 amide bonds. The lowest BCUT2D eigenvalue weighted by molar-refractivity contribution is 0.368. The van der Waals surface area contributed by atoms with E-state index in [-0.39, 0.29) is 0 Å². The van der Waals surface area contributed by atoms with Crippen LogP contribution in [0.15, 0.2) is 28.8 Å². The smallest absolute Gasteiger partial charge is 0.240 e. The van der Waals surface area contributed by atoms with Gasteiger partial charge in [0.1, 0.15) is 0 Å². The topological polar surface area (TPSA) is 51.0 Å². The summed E-state index contributed by atoms with van der Waals surface area (Å²) in [4.78, 5) is 4.29. The highest BCUT2D eigenvalue weighted by atomic mass is 35.5. The van der Waals surface area contributed by atoms with Crippen molar-refractivity contribution in [2.24, 2.45) is 0 Å². The van der Waals surface area contributed by atoms with Gasteiger partial charge in [-0.1, -0.05) is 35.8 Å². The number of hydrogen-bond donors (Lipinski definition) is 1. The molecule has 0 bridgehead atoms. The minimum atomic E-state index is 0.531. The van der Waals surface area contributed by atoms with Crippen LogP contribution in [0.25, 0.3) is 11.4 Å². The minimum Gasteiger partial charge on any atom is -0.338 e. The van der Waals surface area contributed by atoms with Crippen molar-refractivity contribution in [1.29, 1.82) is 0 Å². The summed E-state index contributed by atoms with van der Waals surface area (Å²) in [5, 5.41) is 7.74. The molecule has 1 aromatic carbocycles. The van der Waals surface area contributed by atoms with E-state index in [1.165, 1.54) is 0 Å². The Kier molecular flexibility index (Phi) is 4.12. The minimum absolute atomic E-state index is 0.531. The highest BCUT2D eigenvalue weighted by Crippen LogP contribution is 2.24. The van der Waals surface area contributed by atoms with Gasteiger partial charge in [-0.05, 0) is 25.1 Å². The standard InChI is InChI=1S/C12H14ClN3O/c1-2-7-14-8-11-15-12(16-17-11)9-5-3-4-6-10(9)13/h3-6,14H,2,7-8H2,1H3. The number of hydrogen-bond acceptors (Lipinski definition) is 4. The molecule has 0 saturated heterocycles. The predicted molar refractivity (Wildman–Crippen MR) is 66.7 cm³/mol. The first kappa shape index (κ1) is 12.1. The first-order valence-corrected chi connectivity index (χ1v) is 5.97. The average Bonchev–Trinajstić information content (AvgIpc) is 2.79. The quantitative estimate of drug-likeness (QED) is 0.831. The van der Waals surface area contributed by atoms with Crippen molar-refractivity contribution in [3.8, 4) is 11.4 Å². The Morgan fingerprint density at radius 2 is 2.18 bits per heavy atom. The molecule has 0 spiro atoms. The normalized spacial score (nSPS) is 10.7. The third-order valence-corrected chi connectivity index (χ3v) is 2.62. The summed E-state index contributed by atoms with van der Waals surface area (Å²) in [6, 6.07) is 7.45. The van der Waals surface area contributed by atoms with Gasteiger partial charge >= 0.3 is 0 Å². The Morgan fingerprint density at radius 1 is 1.35 bits per heavy atom. The largest absolute Gasteiger partial charge is 0.338 e. The van der Waals surface area contributed by atoms with Crippen molar-refractivity contribution in [3.05, 3.63) is 35.2 Å². The Labute approximate surface area is 105 Å². The SMILES string of the molecule is CCCNCc1nc(-c2ccccc2Cl)no1. The van der Waals surface area contributed by atoms with Crippen LogP contribution in [-0.2, 0) is 6.54 Å². The molecule has 0 aliphatic heterocycles. The fourth-order valence-corrected chi connectivity index (χ4v) is 1.67. The van der Waals surface area contributed by atoms with Crippen molar-refractivity contribution in [1.82, 2.24) is 15.5 Å². The molecule has 0 aliphatic rings. The molecule has 2 rings (SSSR count). The first-order valence-electron chi connectivity index (χ1n) is 5.59. The highest BCUT2D eigenvalue weighted by Gasteiger charge is 2.10.